The summed E-state index contributed by atoms with van der Waals surface area (Å²) in [5.41, 5.74) is 5.65. The summed E-state index contributed by atoms with van der Waals surface area (Å²) in [6, 6.07) is 9.28. The number of hydrogen-bond donors (Lipinski definition) is 4. The van der Waals surface area contributed by atoms with Crippen molar-refractivity contribution in [1.29, 1.82) is 0 Å². The molecule has 1 aromatic rings. The smallest absolute Gasteiger partial charge is 0.251 e. The van der Waals surface area contributed by atoms with Gasteiger partial charge in [-0.1, -0.05) is 58.0 Å². The molecule has 1 aliphatic heterocycles. The zero-order valence-corrected chi connectivity index (χ0v) is 19.9. The fourth-order valence-corrected chi connectivity index (χ4v) is 4.40. The van der Waals surface area contributed by atoms with E-state index in [0.29, 0.717) is 19.3 Å². The molecule has 1 fully saturated rings. The molecule has 0 aliphatic carbocycles. The molecule has 0 bridgehead atoms. The average molecular weight is 463 g/mol. The number of nitrogens with zero attached hydrogens (tertiary/aromatic N) is 1. The van der Waals surface area contributed by atoms with Crippen LogP contribution in [-0.4, -0.2) is 39.1 Å². The maximum absolute atomic E-state index is 13.3. The third-order valence-electron chi connectivity index (χ3n) is 5.68. The van der Waals surface area contributed by atoms with Gasteiger partial charge in [-0.25, -0.2) is 10.5 Å². The van der Waals surface area contributed by atoms with Gasteiger partial charge >= 0.3 is 0 Å². The van der Waals surface area contributed by atoms with E-state index in [1.807, 2.05) is 58.0 Å². The highest BCUT2D eigenvalue weighted by atomic mass is 32.1. The highest BCUT2D eigenvalue weighted by Gasteiger charge is 2.41. The molecular formula is C23H34N4O4S. The van der Waals surface area contributed by atoms with Crippen molar-refractivity contribution in [3.8, 4) is 0 Å². The van der Waals surface area contributed by atoms with Crippen LogP contribution in [0.1, 0.15) is 52.5 Å². The van der Waals surface area contributed by atoms with Crippen molar-refractivity contribution >= 4 is 35.1 Å². The van der Waals surface area contributed by atoms with E-state index in [2.05, 4.69) is 10.7 Å². The molecule has 32 heavy (non-hydrogen) atoms. The van der Waals surface area contributed by atoms with Gasteiger partial charge in [0.15, 0.2) is 5.11 Å². The Balaban J connectivity index is 2.18. The summed E-state index contributed by atoms with van der Waals surface area (Å²) in [5, 5.41) is 13.4. The Morgan fingerprint density at radius 3 is 2.34 bits per heavy atom. The van der Waals surface area contributed by atoms with Gasteiger partial charge in [0.1, 0.15) is 6.04 Å². The minimum atomic E-state index is -0.719. The third-order valence-corrected chi connectivity index (χ3v) is 5.97. The second kappa shape index (κ2) is 11.9. The molecular weight excluding hydrogens is 428 g/mol. The van der Waals surface area contributed by atoms with E-state index in [0.717, 1.165) is 12.0 Å². The van der Waals surface area contributed by atoms with Crippen molar-refractivity contribution in [1.82, 2.24) is 21.2 Å². The molecule has 1 saturated heterocycles. The van der Waals surface area contributed by atoms with Crippen LogP contribution in [-0.2, 0) is 20.8 Å². The summed E-state index contributed by atoms with van der Waals surface area (Å²) in [6.45, 7) is 7.68. The van der Waals surface area contributed by atoms with Gasteiger partial charge in [-0.05, 0) is 55.3 Å². The fourth-order valence-electron chi connectivity index (χ4n) is 4.14. The highest BCUT2D eigenvalue weighted by Crippen LogP contribution is 2.27. The molecule has 3 amide bonds. The zero-order chi connectivity index (χ0) is 23.8. The Bertz CT molecular complexity index is 815. The number of carbonyl (C=O) groups is 3. The Hall–Kier alpha value is -2.52. The molecule has 176 valence electrons. The van der Waals surface area contributed by atoms with Crippen molar-refractivity contribution in [2.75, 3.05) is 0 Å². The normalized spacial score (nSPS) is 18.0. The number of hydrogen-bond acceptors (Lipinski definition) is 5. The van der Waals surface area contributed by atoms with Crippen LogP contribution in [0.15, 0.2) is 30.3 Å². The van der Waals surface area contributed by atoms with E-state index in [1.165, 1.54) is 5.01 Å². The number of amides is 3. The van der Waals surface area contributed by atoms with Crippen molar-refractivity contribution in [3.63, 3.8) is 0 Å². The van der Waals surface area contributed by atoms with Crippen molar-refractivity contribution in [2.45, 2.75) is 59.4 Å². The molecule has 3 atom stereocenters. The fraction of sp³-hybridized carbons (Fsp3) is 0.565. The van der Waals surface area contributed by atoms with Gasteiger partial charge in [0.2, 0.25) is 11.8 Å². The Kier molecular flexibility index (Phi) is 9.59. The van der Waals surface area contributed by atoms with Crippen LogP contribution in [0, 0.1) is 23.7 Å². The van der Waals surface area contributed by atoms with Gasteiger partial charge in [0, 0.05) is 0 Å². The van der Waals surface area contributed by atoms with Crippen molar-refractivity contribution in [2.24, 2.45) is 23.7 Å². The zero-order valence-electron chi connectivity index (χ0n) is 19.1. The Morgan fingerprint density at radius 1 is 1.12 bits per heavy atom. The maximum atomic E-state index is 13.3. The van der Waals surface area contributed by atoms with Crippen LogP contribution in [0.3, 0.4) is 0 Å². The molecule has 1 heterocycles. The van der Waals surface area contributed by atoms with Gasteiger partial charge in [-0.3, -0.25) is 30.3 Å². The first-order valence-electron chi connectivity index (χ1n) is 11.1. The lowest BCUT2D eigenvalue weighted by atomic mass is 9.81. The SMILES string of the molecule is CC(C)C[C@@H](C(=O)NN1C(=S)NC(=O)[C@@H]1C(C)C)[C@H](CCCc1ccccc1)C(=O)NO. The first-order valence-corrected chi connectivity index (χ1v) is 11.5. The van der Waals surface area contributed by atoms with Gasteiger partial charge in [0.25, 0.3) is 5.91 Å². The number of thiocarbonyl (C=S) groups is 1. The summed E-state index contributed by atoms with van der Waals surface area (Å²) in [6.07, 6.45) is 2.32. The van der Waals surface area contributed by atoms with Crippen LogP contribution in [0.25, 0.3) is 0 Å². The van der Waals surface area contributed by atoms with E-state index in [1.54, 1.807) is 5.48 Å². The predicted molar refractivity (Wildman–Crippen MR) is 125 cm³/mol. The standard InChI is InChI=1S/C23H34N4O4S/c1-14(2)13-18(20(28)25-27-19(15(3)4)22(30)24-23(27)32)17(21(29)26-31)12-8-11-16-9-6-5-7-10-16/h5-7,9-10,14-15,17-19,31H,8,11-13H2,1-4H3,(H,25,28)(H,26,29)(H,24,30,32)/t17-,18+,19-/m0/s1. The van der Waals surface area contributed by atoms with E-state index in [9.17, 15) is 19.6 Å². The number of benzene rings is 1. The molecule has 9 heteroatoms. The molecule has 1 aliphatic rings. The van der Waals surface area contributed by atoms with E-state index in [4.69, 9.17) is 12.2 Å². The number of carbonyl (C=O) groups excluding carboxylic acids is 3. The van der Waals surface area contributed by atoms with Crippen LogP contribution < -0.4 is 16.2 Å². The monoisotopic (exact) mass is 462 g/mol. The lowest BCUT2D eigenvalue weighted by Crippen LogP contribution is -2.54. The van der Waals surface area contributed by atoms with Gasteiger partial charge in [-0.2, -0.15) is 0 Å². The first kappa shape index (κ1) is 25.7. The van der Waals surface area contributed by atoms with E-state index in [-0.39, 0.29) is 22.9 Å². The summed E-state index contributed by atoms with van der Waals surface area (Å²) in [5.74, 6) is -2.60. The highest BCUT2D eigenvalue weighted by molar-refractivity contribution is 7.80. The minimum absolute atomic E-state index is 0.0818. The van der Waals surface area contributed by atoms with Crippen molar-refractivity contribution < 1.29 is 19.6 Å². The molecule has 1 aromatic carbocycles. The van der Waals surface area contributed by atoms with E-state index < -0.39 is 29.7 Å². The molecule has 0 saturated carbocycles. The third kappa shape index (κ3) is 6.74. The predicted octanol–water partition coefficient (Wildman–Crippen LogP) is 2.57. The summed E-state index contributed by atoms with van der Waals surface area (Å²) < 4.78 is 0. The Morgan fingerprint density at radius 2 is 1.78 bits per heavy atom. The maximum Gasteiger partial charge on any atom is 0.251 e. The topological polar surface area (TPSA) is 111 Å². The second-order valence-electron chi connectivity index (χ2n) is 9.03. The van der Waals surface area contributed by atoms with Crippen LogP contribution >= 0.6 is 12.2 Å². The number of aryl methyl sites for hydroxylation is 1. The lowest BCUT2D eigenvalue weighted by Gasteiger charge is -2.31. The summed E-state index contributed by atoms with van der Waals surface area (Å²) in [7, 11) is 0. The van der Waals surface area contributed by atoms with Gasteiger partial charge in [0.05, 0.1) is 11.8 Å². The quantitative estimate of drug-likeness (QED) is 0.229. The van der Waals surface area contributed by atoms with Gasteiger partial charge < -0.3 is 0 Å². The average Bonchev–Trinajstić information content (AvgIpc) is 3.02. The molecule has 0 radical (unpaired) electrons. The molecule has 4 N–H and O–H groups in total. The largest absolute Gasteiger partial charge is 0.300 e. The molecule has 0 unspecified atom stereocenters. The molecule has 0 spiro atoms. The van der Waals surface area contributed by atoms with Crippen molar-refractivity contribution in [3.05, 3.63) is 35.9 Å². The Labute approximate surface area is 195 Å². The number of nitrogens with one attached hydrogen (secondary N) is 3. The van der Waals surface area contributed by atoms with Crippen LogP contribution in [0.5, 0.6) is 0 Å². The lowest BCUT2D eigenvalue weighted by molar-refractivity contribution is -0.143. The van der Waals surface area contributed by atoms with Gasteiger partial charge in [-0.15, -0.1) is 0 Å². The second-order valence-corrected chi connectivity index (χ2v) is 9.41. The molecule has 8 nitrogen and oxygen atoms in total. The first-order chi connectivity index (χ1) is 15.1. The molecule has 0 aromatic heterocycles. The minimum Gasteiger partial charge on any atom is -0.300 e. The molecule has 2 rings (SSSR count). The summed E-state index contributed by atoms with van der Waals surface area (Å²) >= 11 is 5.23. The van der Waals surface area contributed by atoms with E-state index >= 15 is 0 Å². The number of hydrazine groups is 1. The van der Waals surface area contributed by atoms with Crippen LogP contribution in [0.2, 0.25) is 0 Å². The number of rotatable bonds is 11. The van der Waals surface area contributed by atoms with Crippen LogP contribution in [0.4, 0.5) is 0 Å². The summed E-state index contributed by atoms with van der Waals surface area (Å²) in [4.78, 5) is 38.1. The number of hydroxylamine groups is 1.